The van der Waals surface area contributed by atoms with Crippen molar-refractivity contribution in [2.45, 2.75) is 11.4 Å². The summed E-state index contributed by atoms with van der Waals surface area (Å²) >= 11 is 0. The molecule has 2 aromatic carbocycles. The quantitative estimate of drug-likeness (QED) is 0.595. The van der Waals surface area contributed by atoms with Gasteiger partial charge in [-0.15, -0.1) is 0 Å². The van der Waals surface area contributed by atoms with Gasteiger partial charge >= 0.3 is 0 Å². The molecule has 8 nitrogen and oxygen atoms in total. The van der Waals surface area contributed by atoms with Crippen molar-refractivity contribution in [2.24, 2.45) is 0 Å². The third kappa shape index (κ3) is 4.24. The number of ether oxygens (including phenoxy) is 1. The molecule has 0 bridgehead atoms. The van der Waals surface area contributed by atoms with Gasteiger partial charge in [0, 0.05) is 19.6 Å². The van der Waals surface area contributed by atoms with Crippen LogP contribution < -0.4 is 5.32 Å². The van der Waals surface area contributed by atoms with E-state index in [2.05, 4.69) is 5.32 Å². The predicted octanol–water partition coefficient (Wildman–Crippen LogP) is 2.37. The van der Waals surface area contributed by atoms with E-state index in [1.54, 1.807) is 18.2 Å². The SMILES string of the molecule is O=[N+]([O-])c1cc(F)ccc1NCc1ccccc1S(=O)(=O)N1CCOCC1. The summed E-state index contributed by atoms with van der Waals surface area (Å²) in [6.07, 6.45) is 0. The van der Waals surface area contributed by atoms with Crippen LogP contribution in [0.5, 0.6) is 0 Å². The number of morpholine rings is 1. The molecule has 2 aromatic rings. The Kier molecular flexibility index (Phi) is 5.68. The van der Waals surface area contributed by atoms with Crippen LogP contribution in [0.2, 0.25) is 0 Å². The van der Waals surface area contributed by atoms with Gasteiger partial charge < -0.3 is 10.1 Å². The maximum Gasteiger partial charge on any atom is 0.295 e. The van der Waals surface area contributed by atoms with Crippen LogP contribution in [0.1, 0.15) is 5.56 Å². The Hall–Kier alpha value is -2.56. The van der Waals surface area contributed by atoms with Crippen molar-refractivity contribution in [3.8, 4) is 0 Å². The molecule has 0 radical (unpaired) electrons. The number of benzene rings is 2. The number of rotatable bonds is 6. The van der Waals surface area contributed by atoms with E-state index >= 15 is 0 Å². The summed E-state index contributed by atoms with van der Waals surface area (Å²) in [5.74, 6) is -0.720. The Bertz CT molecular complexity index is 945. The third-order valence-electron chi connectivity index (χ3n) is 4.19. The van der Waals surface area contributed by atoms with E-state index in [0.29, 0.717) is 18.8 Å². The van der Waals surface area contributed by atoms with Crippen molar-refractivity contribution in [1.82, 2.24) is 4.31 Å². The number of nitrogens with zero attached hydrogens (tertiary/aromatic N) is 2. The van der Waals surface area contributed by atoms with Gasteiger partial charge in [0.15, 0.2) is 0 Å². The van der Waals surface area contributed by atoms with E-state index in [9.17, 15) is 22.9 Å². The molecule has 0 unspecified atom stereocenters. The lowest BCUT2D eigenvalue weighted by Gasteiger charge is -2.27. The monoisotopic (exact) mass is 395 g/mol. The van der Waals surface area contributed by atoms with Gasteiger partial charge in [-0.25, -0.2) is 12.8 Å². The first-order valence-electron chi connectivity index (χ1n) is 8.23. The molecule has 1 N–H and O–H groups in total. The van der Waals surface area contributed by atoms with Crippen molar-refractivity contribution in [3.63, 3.8) is 0 Å². The largest absolute Gasteiger partial charge is 0.379 e. The molecule has 0 atom stereocenters. The van der Waals surface area contributed by atoms with Crippen LogP contribution in [0.3, 0.4) is 0 Å². The summed E-state index contributed by atoms with van der Waals surface area (Å²) in [6.45, 7) is 1.25. The van der Waals surface area contributed by atoms with E-state index in [1.807, 2.05) is 0 Å². The van der Waals surface area contributed by atoms with Gasteiger partial charge in [0.25, 0.3) is 5.69 Å². The van der Waals surface area contributed by atoms with Crippen LogP contribution in [0.15, 0.2) is 47.4 Å². The predicted molar refractivity (Wildman–Crippen MR) is 96.4 cm³/mol. The zero-order chi connectivity index (χ0) is 19.4. The molecule has 1 fully saturated rings. The van der Waals surface area contributed by atoms with Gasteiger partial charge in [0.2, 0.25) is 10.0 Å². The van der Waals surface area contributed by atoms with E-state index in [0.717, 1.165) is 12.1 Å². The molecule has 1 saturated heterocycles. The first-order valence-corrected chi connectivity index (χ1v) is 9.67. The number of anilines is 1. The summed E-state index contributed by atoms with van der Waals surface area (Å²) in [6, 6.07) is 9.62. The zero-order valence-corrected chi connectivity index (χ0v) is 15.1. The normalized spacial score (nSPS) is 15.4. The lowest BCUT2D eigenvalue weighted by atomic mass is 10.2. The van der Waals surface area contributed by atoms with Gasteiger partial charge in [-0.1, -0.05) is 18.2 Å². The number of hydrogen-bond donors (Lipinski definition) is 1. The maximum absolute atomic E-state index is 13.3. The Morgan fingerprint density at radius 2 is 1.89 bits per heavy atom. The van der Waals surface area contributed by atoms with E-state index in [4.69, 9.17) is 4.74 Å². The molecule has 144 valence electrons. The minimum Gasteiger partial charge on any atom is -0.379 e. The summed E-state index contributed by atoms with van der Waals surface area (Å²) in [5.41, 5.74) is 0.158. The Morgan fingerprint density at radius 1 is 1.19 bits per heavy atom. The lowest BCUT2D eigenvalue weighted by Crippen LogP contribution is -2.41. The molecule has 0 aromatic heterocycles. The van der Waals surface area contributed by atoms with Gasteiger partial charge in [-0.05, 0) is 23.8 Å². The molecule has 1 aliphatic heterocycles. The molecule has 0 aliphatic carbocycles. The highest BCUT2D eigenvalue weighted by atomic mass is 32.2. The molecule has 1 heterocycles. The zero-order valence-electron chi connectivity index (χ0n) is 14.3. The Labute approximate surface area is 155 Å². The molecule has 3 rings (SSSR count). The molecule has 0 saturated carbocycles. The molecule has 10 heteroatoms. The average molecular weight is 395 g/mol. The molecule has 27 heavy (non-hydrogen) atoms. The van der Waals surface area contributed by atoms with E-state index < -0.39 is 26.5 Å². The Morgan fingerprint density at radius 3 is 2.59 bits per heavy atom. The van der Waals surface area contributed by atoms with Crippen molar-refractivity contribution in [1.29, 1.82) is 0 Å². The van der Waals surface area contributed by atoms with Crippen LogP contribution in [-0.2, 0) is 21.3 Å². The second-order valence-electron chi connectivity index (χ2n) is 5.90. The minimum atomic E-state index is -3.71. The molecular formula is C17H18FN3O5S. The summed E-state index contributed by atoms with van der Waals surface area (Å²) in [7, 11) is -3.71. The summed E-state index contributed by atoms with van der Waals surface area (Å²) in [4.78, 5) is 10.5. The van der Waals surface area contributed by atoms with Crippen LogP contribution in [0.25, 0.3) is 0 Å². The number of nitrogens with one attached hydrogen (secondary N) is 1. The van der Waals surface area contributed by atoms with Crippen LogP contribution in [-0.4, -0.2) is 43.9 Å². The number of nitro benzene ring substituents is 1. The summed E-state index contributed by atoms with van der Waals surface area (Å²) in [5, 5.41) is 13.9. The van der Waals surface area contributed by atoms with Gasteiger partial charge in [-0.2, -0.15) is 4.31 Å². The molecule has 1 aliphatic rings. The van der Waals surface area contributed by atoms with Crippen LogP contribution in [0.4, 0.5) is 15.8 Å². The summed E-state index contributed by atoms with van der Waals surface area (Å²) < 4.78 is 45.7. The molecule has 0 amide bonds. The standard InChI is InChI=1S/C17H18FN3O5S/c18-14-5-6-15(16(11-14)21(22)23)19-12-13-3-1-2-4-17(13)27(24,25)20-7-9-26-10-8-20/h1-6,11,19H,7-10,12H2. The number of halogens is 1. The van der Waals surface area contributed by atoms with E-state index in [-0.39, 0.29) is 30.2 Å². The topological polar surface area (TPSA) is 102 Å². The van der Waals surface area contributed by atoms with Crippen molar-refractivity contribution >= 4 is 21.4 Å². The Balaban J connectivity index is 1.86. The number of nitro groups is 1. The third-order valence-corrected chi connectivity index (χ3v) is 6.19. The van der Waals surface area contributed by atoms with Crippen molar-refractivity contribution in [3.05, 3.63) is 64.0 Å². The fraction of sp³-hybridized carbons (Fsp3) is 0.294. The maximum atomic E-state index is 13.3. The fourth-order valence-electron chi connectivity index (χ4n) is 2.82. The van der Waals surface area contributed by atoms with Crippen molar-refractivity contribution in [2.75, 3.05) is 31.6 Å². The smallest absolute Gasteiger partial charge is 0.295 e. The number of sulfonamides is 1. The van der Waals surface area contributed by atoms with Crippen LogP contribution >= 0.6 is 0 Å². The van der Waals surface area contributed by atoms with Crippen LogP contribution in [0, 0.1) is 15.9 Å². The van der Waals surface area contributed by atoms with Gasteiger partial charge in [-0.3, -0.25) is 10.1 Å². The number of hydrogen-bond acceptors (Lipinski definition) is 6. The van der Waals surface area contributed by atoms with Crippen molar-refractivity contribution < 1.29 is 22.5 Å². The highest BCUT2D eigenvalue weighted by Crippen LogP contribution is 2.27. The highest BCUT2D eigenvalue weighted by molar-refractivity contribution is 7.89. The van der Waals surface area contributed by atoms with E-state index in [1.165, 1.54) is 16.4 Å². The minimum absolute atomic E-state index is 0.0339. The molecule has 0 spiro atoms. The fourth-order valence-corrected chi connectivity index (χ4v) is 4.45. The second kappa shape index (κ2) is 7.99. The second-order valence-corrected chi connectivity index (χ2v) is 7.80. The first-order chi connectivity index (χ1) is 12.9. The average Bonchev–Trinajstić information content (AvgIpc) is 2.67. The first kappa shape index (κ1) is 19.2. The lowest BCUT2D eigenvalue weighted by molar-refractivity contribution is -0.384. The molecular weight excluding hydrogens is 377 g/mol. The highest BCUT2D eigenvalue weighted by Gasteiger charge is 2.28. The van der Waals surface area contributed by atoms with Gasteiger partial charge in [0.05, 0.1) is 29.1 Å². The van der Waals surface area contributed by atoms with Gasteiger partial charge in [0.1, 0.15) is 11.5 Å².